The zero-order chi connectivity index (χ0) is 20.0. The van der Waals surface area contributed by atoms with E-state index in [1.54, 1.807) is 0 Å². The van der Waals surface area contributed by atoms with Crippen molar-refractivity contribution in [3.8, 4) is 0 Å². The molecule has 0 bridgehead atoms. The van der Waals surface area contributed by atoms with Gasteiger partial charge in [0.1, 0.15) is 0 Å². The first-order chi connectivity index (χ1) is 13.4. The van der Waals surface area contributed by atoms with Gasteiger partial charge < -0.3 is 30.3 Å². The monoisotopic (exact) mass is 422 g/mol. The van der Waals surface area contributed by atoms with Crippen LogP contribution in [0.1, 0.15) is 49.9 Å². The van der Waals surface area contributed by atoms with Gasteiger partial charge in [0.25, 0.3) is 0 Å². The number of rotatable bonds is 4. The second-order valence-corrected chi connectivity index (χ2v) is 8.30. The molecule has 0 heterocycles. The molecule has 29 heavy (non-hydrogen) atoms. The first kappa shape index (κ1) is 22.9. The third-order valence-corrected chi connectivity index (χ3v) is 5.71. The van der Waals surface area contributed by atoms with E-state index in [9.17, 15) is 0 Å². The maximum Gasteiger partial charge on any atom is 0 e. The summed E-state index contributed by atoms with van der Waals surface area (Å²) in [4.78, 5) is 0. The normalized spacial score (nSPS) is 11.2. The maximum atomic E-state index is 2.32. The molecule has 0 amide bonds. The minimum absolute atomic E-state index is 0. The van der Waals surface area contributed by atoms with Crippen LogP contribution in [0.25, 0.3) is 0 Å². The first-order valence-electron chi connectivity index (χ1n) is 9.98. The van der Waals surface area contributed by atoms with Gasteiger partial charge in [0.15, 0.2) is 0 Å². The smallest absolute Gasteiger partial charge is 0 e. The summed E-state index contributed by atoms with van der Waals surface area (Å²) in [6.07, 6.45) is 0. The van der Waals surface area contributed by atoms with Crippen molar-refractivity contribution in [3.63, 3.8) is 0 Å². The minimum Gasteiger partial charge on any atom is -0.748 e. The molecule has 0 saturated carbocycles. The Labute approximate surface area is 186 Å². The zero-order valence-corrected chi connectivity index (χ0v) is 18.9. The van der Waals surface area contributed by atoms with Gasteiger partial charge in [0, 0.05) is 17.1 Å². The van der Waals surface area contributed by atoms with Crippen molar-refractivity contribution in [1.29, 1.82) is 0 Å². The summed E-state index contributed by atoms with van der Waals surface area (Å²) in [6.45, 7) is 9.29. The van der Waals surface area contributed by atoms with Gasteiger partial charge in [-0.3, -0.25) is 0 Å². The maximum absolute atomic E-state index is 2.32. The quantitative estimate of drug-likeness (QED) is 0.237. The predicted molar refractivity (Wildman–Crippen MR) is 121 cm³/mol. The van der Waals surface area contributed by atoms with E-state index in [4.69, 9.17) is 0 Å². The van der Waals surface area contributed by atoms with Crippen LogP contribution in [0, 0.1) is 0 Å². The molecule has 0 N–H and O–H groups in total. The molecule has 1 heteroatoms. The summed E-state index contributed by atoms with van der Waals surface area (Å²) in [5, 5.41) is 0. The van der Waals surface area contributed by atoms with E-state index in [-0.39, 0.29) is 27.9 Å². The number of benzene rings is 2. The largest absolute Gasteiger partial charge is 0.748 e. The van der Waals surface area contributed by atoms with Gasteiger partial charge >= 0.3 is 0 Å². The van der Waals surface area contributed by atoms with Crippen LogP contribution in [0.4, 0.5) is 0 Å². The Morgan fingerprint density at radius 1 is 0.586 bits per heavy atom. The second-order valence-electron chi connectivity index (χ2n) is 8.30. The summed E-state index contributed by atoms with van der Waals surface area (Å²) < 4.78 is 0. The molecule has 4 rings (SSSR count). The van der Waals surface area contributed by atoms with Crippen LogP contribution in [0.15, 0.2) is 109 Å². The summed E-state index contributed by atoms with van der Waals surface area (Å²) in [7, 11) is 0. The fourth-order valence-corrected chi connectivity index (χ4v) is 3.85. The standard InChI is InChI=1S/C23H25.C5H5.Fe/c1-22(2,18-12-7-5-8-13-18)20-16-11-17-21(20)23(3,4)19-14-9-6-10-15-19;1-2-4-5-3-1;/h5-17H,1-4H3;1-5H;/q-1;-5;. The van der Waals surface area contributed by atoms with Gasteiger partial charge in [-0.05, 0) is 22.0 Å². The third-order valence-electron chi connectivity index (χ3n) is 5.71. The Morgan fingerprint density at radius 3 is 1.52 bits per heavy atom. The molecule has 0 atom stereocenters. The molecule has 0 fully saturated rings. The fourth-order valence-electron chi connectivity index (χ4n) is 3.85. The minimum atomic E-state index is -0.00779. The Kier molecular flexibility index (Phi) is 7.85. The molecule has 0 aliphatic heterocycles. The Balaban J connectivity index is 0.000000437. The van der Waals surface area contributed by atoms with Crippen LogP contribution >= 0.6 is 0 Å². The van der Waals surface area contributed by atoms with Crippen LogP contribution in [0.2, 0.25) is 0 Å². The van der Waals surface area contributed by atoms with Crippen molar-refractivity contribution in [2.75, 3.05) is 0 Å². The Morgan fingerprint density at radius 2 is 1.03 bits per heavy atom. The van der Waals surface area contributed by atoms with Gasteiger partial charge in [-0.25, -0.2) is 12.1 Å². The Hall–Kier alpha value is -2.34. The molecular weight excluding hydrogens is 392 g/mol. The molecule has 0 saturated heterocycles. The molecule has 0 aromatic heterocycles. The van der Waals surface area contributed by atoms with Crippen LogP contribution in [0.3, 0.4) is 0 Å². The van der Waals surface area contributed by atoms with E-state index >= 15 is 0 Å². The SMILES string of the molecule is CC(C)(c1ccccc1)c1ccc[c-]1C(C)(C)c1ccccc1.[Fe].[cH-]1[cH-][cH-][cH-][cH-]1. The van der Waals surface area contributed by atoms with Gasteiger partial charge in [-0.15, -0.1) is 5.56 Å². The number of hydrogen-bond acceptors (Lipinski definition) is 0. The predicted octanol–water partition coefficient (Wildman–Crippen LogP) is 7.46. The summed E-state index contributed by atoms with van der Waals surface area (Å²) >= 11 is 0. The van der Waals surface area contributed by atoms with Crippen molar-refractivity contribution >= 4 is 0 Å². The molecule has 0 unspecified atom stereocenters. The molecule has 4 aromatic rings. The van der Waals surface area contributed by atoms with Gasteiger partial charge in [-0.1, -0.05) is 88.4 Å². The van der Waals surface area contributed by atoms with Crippen molar-refractivity contribution in [2.24, 2.45) is 0 Å². The first-order valence-corrected chi connectivity index (χ1v) is 9.98. The van der Waals surface area contributed by atoms with Crippen LogP contribution in [-0.4, -0.2) is 0 Å². The van der Waals surface area contributed by atoms with Gasteiger partial charge in [-0.2, -0.15) is 11.6 Å². The van der Waals surface area contributed by atoms with E-state index in [0.29, 0.717) is 0 Å². The van der Waals surface area contributed by atoms with E-state index < -0.39 is 0 Å². The van der Waals surface area contributed by atoms with E-state index in [2.05, 4.69) is 107 Å². The molecule has 0 aliphatic rings. The van der Waals surface area contributed by atoms with Crippen molar-refractivity contribution in [3.05, 3.63) is 131 Å². The van der Waals surface area contributed by atoms with Gasteiger partial charge in [0.2, 0.25) is 0 Å². The average Bonchev–Trinajstić information content (AvgIpc) is 3.44. The van der Waals surface area contributed by atoms with Crippen LogP contribution < -0.4 is 0 Å². The molecule has 0 nitrogen and oxygen atoms in total. The van der Waals surface area contributed by atoms with Crippen molar-refractivity contribution in [1.82, 2.24) is 0 Å². The molecule has 0 radical (unpaired) electrons. The van der Waals surface area contributed by atoms with Gasteiger partial charge in [0.05, 0.1) is 0 Å². The number of hydrogen-bond donors (Lipinski definition) is 0. The van der Waals surface area contributed by atoms with Crippen molar-refractivity contribution < 1.29 is 17.1 Å². The Bertz CT molecular complexity index is 859. The van der Waals surface area contributed by atoms with E-state index in [1.807, 2.05) is 30.3 Å². The summed E-state index contributed by atoms with van der Waals surface area (Å²) in [6, 6.07) is 38.4. The third kappa shape index (κ3) is 5.18. The summed E-state index contributed by atoms with van der Waals surface area (Å²) in [5.74, 6) is 0. The molecule has 0 aliphatic carbocycles. The zero-order valence-electron chi connectivity index (χ0n) is 17.7. The van der Waals surface area contributed by atoms with E-state index in [0.717, 1.165) is 0 Å². The summed E-state index contributed by atoms with van der Waals surface area (Å²) in [5.41, 5.74) is 5.53. The van der Waals surface area contributed by atoms with E-state index in [1.165, 1.54) is 22.3 Å². The fraction of sp³-hybridized carbons (Fsp3) is 0.214. The molecule has 156 valence electrons. The van der Waals surface area contributed by atoms with Crippen LogP contribution in [-0.2, 0) is 27.9 Å². The van der Waals surface area contributed by atoms with Crippen molar-refractivity contribution in [2.45, 2.75) is 38.5 Å². The molecule has 0 spiro atoms. The second kappa shape index (κ2) is 9.92. The molecule has 4 aromatic carbocycles. The van der Waals surface area contributed by atoms with Crippen LogP contribution in [0.5, 0.6) is 0 Å². The topological polar surface area (TPSA) is 0 Å². The average molecular weight is 422 g/mol. The molecular formula is C28H30Fe-6.